The highest BCUT2D eigenvalue weighted by Gasteiger charge is 2.25. The number of hydrazone groups is 1. The zero-order valence-corrected chi connectivity index (χ0v) is 15.5. The van der Waals surface area contributed by atoms with Crippen molar-refractivity contribution in [1.29, 1.82) is 0 Å². The number of rotatable bonds is 5. The third-order valence-electron chi connectivity index (χ3n) is 3.58. The Hall–Kier alpha value is -2.97. The van der Waals surface area contributed by atoms with Gasteiger partial charge < -0.3 is 20.0 Å². The van der Waals surface area contributed by atoms with Gasteiger partial charge in [-0.05, 0) is 41.8 Å². The Labute approximate surface area is 161 Å². The molecule has 0 fully saturated rings. The number of benzene rings is 2. The fraction of sp³-hybridized carbons (Fsp3) is 0.111. The lowest BCUT2D eigenvalue weighted by molar-refractivity contribution is -0.139. The minimum absolute atomic E-state index is 0.0311. The van der Waals surface area contributed by atoms with Gasteiger partial charge in [-0.2, -0.15) is 5.10 Å². The molecule has 3 rings (SSSR count). The average molecular weight is 405 g/mol. The van der Waals surface area contributed by atoms with E-state index in [-0.39, 0.29) is 12.2 Å². The minimum atomic E-state index is -4.60. The van der Waals surface area contributed by atoms with Crippen LogP contribution in [0.25, 0.3) is 6.08 Å². The van der Waals surface area contributed by atoms with E-state index in [0.717, 1.165) is 5.69 Å². The molecule has 2 aromatic carbocycles. The van der Waals surface area contributed by atoms with Crippen molar-refractivity contribution in [3.63, 3.8) is 0 Å². The van der Waals surface area contributed by atoms with Crippen LogP contribution in [0, 0.1) is 0 Å². The molecule has 2 aromatic rings. The summed E-state index contributed by atoms with van der Waals surface area (Å²) < 4.78 is 10.7. The van der Waals surface area contributed by atoms with Crippen LogP contribution < -0.4 is 10.5 Å². The van der Waals surface area contributed by atoms with E-state index in [0.29, 0.717) is 5.56 Å². The molecule has 148 valence electrons. The van der Waals surface area contributed by atoms with Crippen LogP contribution in [-0.4, -0.2) is 38.2 Å². The first-order chi connectivity index (χ1) is 13.2. The second kappa shape index (κ2) is 9.82. The number of carbonyl (C=O) groups is 1. The lowest BCUT2D eigenvalue weighted by Gasteiger charge is -2.15. The zero-order chi connectivity index (χ0) is 20.6. The van der Waals surface area contributed by atoms with Gasteiger partial charge in [-0.1, -0.05) is 36.4 Å². The van der Waals surface area contributed by atoms with Gasteiger partial charge in [0, 0.05) is 6.21 Å². The number of aliphatic carboxylic acids is 1. The van der Waals surface area contributed by atoms with Crippen molar-refractivity contribution < 1.29 is 29.4 Å². The van der Waals surface area contributed by atoms with E-state index in [2.05, 4.69) is 10.5 Å². The van der Waals surface area contributed by atoms with Crippen molar-refractivity contribution >= 4 is 31.7 Å². The first kappa shape index (κ1) is 21.3. The van der Waals surface area contributed by atoms with Gasteiger partial charge in [0.1, 0.15) is 11.8 Å². The molecule has 10 heteroatoms. The Balaban J connectivity index is 0.000000218. The number of carboxylic acids is 1. The van der Waals surface area contributed by atoms with Crippen molar-refractivity contribution in [2.24, 2.45) is 5.10 Å². The molecule has 1 aliphatic rings. The maximum Gasteiger partial charge on any atom is 0.401 e. The van der Waals surface area contributed by atoms with Gasteiger partial charge >= 0.3 is 13.7 Å². The van der Waals surface area contributed by atoms with E-state index in [9.17, 15) is 9.36 Å². The third-order valence-corrected chi connectivity index (χ3v) is 4.23. The van der Waals surface area contributed by atoms with Crippen LogP contribution in [0.2, 0.25) is 0 Å². The van der Waals surface area contributed by atoms with Gasteiger partial charge in [0.25, 0.3) is 0 Å². The van der Waals surface area contributed by atoms with E-state index >= 15 is 0 Å². The number of aromatic hydroxyl groups is 1. The van der Waals surface area contributed by atoms with Crippen LogP contribution in [-0.2, 0) is 15.8 Å². The smallest absolute Gasteiger partial charge is 0.401 e. The van der Waals surface area contributed by atoms with Gasteiger partial charge in [-0.25, -0.2) is 9.65 Å². The summed E-state index contributed by atoms with van der Waals surface area (Å²) >= 11 is 0. The van der Waals surface area contributed by atoms with Crippen LogP contribution in [0.3, 0.4) is 0 Å². The van der Waals surface area contributed by atoms with E-state index < -0.39 is 19.8 Å². The highest BCUT2D eigenvalue weighted by molar-refractivity contribution is 7.49. The van der Waals surface area contributed by atoms with Gasteiger partial charge in [-0.15, -0.1) is 0 Å². The summed E-state index contributed by atoms with van der Waals surface area (Å²) in [6.45, 7) is 0. The summed E-state index contributed by atoms with van der Waals surface area (Å²) in [5, 5.41) is 23.5. The fourth-order valence-electron chi connectivity index (χ4n) is 2.30. The molecule has 0 radical (unpaired) electrons. The van der Waals surface area contributed by atoms with Gasteiger partial charge in [0.05, 0.1) is 5.69 Å². The number of hydrogen-bond donors (Lipinski definition) is 6. The standard InChI is InChI=1S/C9H8N2.C9H12NO6P/c1-2-6-9-8(4-1)5-3-7-10-11-9;11-7-3-1-6(2-4-7)5-8(9(12)13)10-17(14,15)16/h1-7,11H;1-4,8,11H,5H2,(H,12,13)(H3,10,14,15,16). The molecule has 1 unspecified atom stereocenters. The molecule has 1 heterocycles. The van der Waals surface area contributed by atoms with E-state index in [4.69, 9.17) is 20.0 Å². The maximum atomic E-state index is 10.8. The van der Waals surface area contributed by atoms with Crippen LogP contribution >= 0.6 is 7.75 Å². The van der Waals surface area contributed by atoms with E-state index in [1.807, 2.05) is 36.4 Å². The molecule has 0 bridgehead atoms. The molecule has 0 amide bonds. The van der Waals surface area contributed by atoms with Crippen LogP contribution in [0.1, 0.15) is 11.1 Å². The normalized spacial score (nSPS) is 13.4. The number of nitrogens with zero attached hydrogens (tertiary/aromatic N) is 1. The predicted octanol–water partition coefficient (Wildman–Crippen LogP) is 2.18. The maximum absolute atomic E-state index is 10.8. The SMILES string of the molecule is C1=Cc2ccccc2NN=C1.O=C(O)C(Cc1ccc(O)cc1)NP(=O)(O)O. The minimum Gasteiger partial charge on any atom is -0.508 e. The Morgan fingerprint density at radius 2 is 1.82 bits per heavy atom. The summed E-state index contributed by atoms with van der Waals surface area (Å²) in [5.74, 6) is -1.33. The van der Waals surface area contributed by atoms with Crippen molar-refractivity contribution in [2.75, 3.05) is 5.43 Å². The number of phenols is 1. The number of allylic oxidation sites excluding steroid dienone is 1. The van der Waals surface area contributed by atoms with E-state index in [1.165, 1.54) is 29.8 Å². The molecular formula is C18H20N3O6P. The van der Waals surface area contributed by atoms with Crippen molar-refractivity contribution in [3.8, 4) is 5.75 Å². The Bertz CT molecular complexity index is 908. The second-order valence-corrected chi connectivity index (χ2v) is 7.12. The molecule has 0 saturated heterocycles. The molecule has 9 nitrogen and oxygen atoms in total. The summed E-state index contributed by atoms with van der Waals surface area (Å²) in [7, 11) is -4.60. The monoisotopic (exact) mass is 405 g/mol. The van der Waals surface area contributed by atoms with E-state index in [1.54, 1.807) is 11.3 Å². The Kier molecular flexibility index (Phi) is 7.48. The Morgan fingerprint density at radius 1 is 1.14 bits per heavy atom. The lowest BCUT2D eigenvalue weighted by Crippen LogP contribution is -2.36. The predicted molar refractivity (Wildman–Crippen MR) is 106 cm³/mol. The molecule has 6 N–H and O–H groups in total. The molecule has 0 aromatic heterocycles. The molecule has 28 heavy (non-hydrogen) atoms. The Morgan fingerprint density at radius 3 is 2.46 bits per heavy atom. The van der Waals surface area contributed by atoms with Crippen LogP contribution in [0.15, 0.2) is 59.7 Å². The number of anilines is 1. The number of hydrogen-bond acceptors (Lipinski definition) is 5. The lowest BCUT2D eigenvalue weighted by atomic mass is 10.1. The van der Waals surface area contributed by atoms with Gasteiger partial charge in [-0.3, -0.25) is 10.2 Å². The van der Waals surface area contributed by atoms with Crippen LogP contribution in [0.5, 0.6) is 5.75 Å². The quantitative estimate of drug-likeness (QED) is 0.414. The summed E-state index contributed by atoms with van der Waals surface area (Å²) in [5.41, 5.74) is 5.69. The summed E-state index contributed by atoms with van der Waals surface area (Å²) in [4.78, 5) is 28.1. The highest BCUT2D eigenvalue weighted by atomic mass is 31.2. The first-order valence-corrected chi connectivity index (χ1v) is 9.74. The summed E-state index contributed by atoms with van der Waals surface area (Å²) in [6, 6.07) is 12.4. The van der Waals surface area contributed by atoms with Crippen LogP contribution in [0.4, 0.5) is 5.69 Å². The molecule has 0 saturated carbocycles. The second-order valence-electron chi connectivity index (χ2n) is 5.77. The first-order valence-electron chi connectivity index (χ1n) is 8.13. The number of fused-ring (bicyclic) bond motifs is 1. The summed E-state index contributed by atoms with van der Waals surface area (Å²) in [6.07, 6.45) is 5.58. The number of carboxylic acid groups (broad SMARTS) is 1. The van der Waals surface area contributed by atoms with Crippen molar-refractivity contribution in [2.45, 2.75) is 12.5 Å². The topological polar surface area (TPSA) is 151 Å². The fourth-order valence-corrected chi connectivity index (χ4v) is 2.91. The molecular weight excluding hydrogens is 385 g/mol. The largest absolute Gasteiger partial charge is 0.508 e. The van der Waals surface area contributed by atoms with Crippen molar-refractivity contribution in [3.05, 3.63) is 65.7 Å². The van der Waals surface area contributed by atoms with Crippen molar-refractivity contribution in [1.82, 2.24) is 5.09 Å². The highest BCUT2D eigenvalue weighted by Crippen LogP contribution is 2.29. The van der Waals surface area contributed by atoms with Gasteiger partial charge in [0.15, 0.2) is 0 Å². The average Bonchev–Trinajstić information content (AvgIpc) is 2.88. The third kappa shape index (κ3) is 7.34. The molecule has 0 aliphatic carbocycles. The molecule has 1 atom stereocenters. The van der Waals surface area contributed by atoms with Gasteiger partial charge in [0.2, 0.25) is 0 Å². The number of phenolic OH excluding ortho intramolecular Hbond substituents is 1. The number of nitrogens with one attached hydrogen (secondary N) is 2. The zero-order valence-electron chi connectivity index (χ0n) is 14.6. The molecule has 1 aliphatic heterocycles. The number of para-hydroxylation sites is 1. The molecule has 0 spiro atoms.